The third-order valence-corrected chi connectivity index (χ3v) is 3.08. The SMILES string of the molecule is NC1CS(=O)(=O)CC1(F)F. The van der Waals surface area contributed by atoms with E-state index in [0.29, 0.717) is 0 Å². The predicted octanol–water partition coefficient (Wildman–Crippen LogP) is -0.623. The maximum absolute atomic E-state index is 12.3. The van der Waals surface area contributed by atoms with Gasteiger partial charge in [0.05, 0.1) is 11.8 Å². The van der Waals surface area contributed by atoms with Crippen LogP contribution in [0, 0.1) is 0 Å². The Morgan fingerprint density at radius 3 is 2.10 bits per heavy atom. The van der Waals surface area contributed by atoms with Gasteiger partial charge in [-0.1, -0.05) is 0 Å². The monoisotopic (exact) mass is 171 g/mol. The third-order valence-electron chi connectivity index (χ3n) is 1.39. The molecule has 1 aliphatic rings. The van der Waals surface area contributed by atoms with Crippen LogP contribution in [0.5, 0.6) is 0 Å². The molecular formula is C4H7F2NO2S. The zero-order chi connectivity index (χ0) is 7.99. The van der Waals surface area contributed by atoms with Crippen molar-refractivity contribution in [2.24, 2.45) is 5.73 Å². The Bertz CT molecular complexity index is 236. The van der Waals surface area contributed by atoms with E-state index in [9.17, 15) is 17.2 Å². The Labute approximate surface area is 57.1 Å². The van der Waals surface area contributed by atoms with Gasteiger partial charge in [0.25, 0.3) is 5.92 Å². The first-order valence-corrected chi connectivity index (χ1v) is 4.49. The number of alkyl halides is 2. The molecule has 6 heteroatoms. The normalized spacial score (nSPS) is 36.1. The summed E-state index contributed by atoms with van der Waals surface area (Å²) in [5.74, 6) is -4.92. The van der Waals surface area contributed by atoms with Crippen molar-refractivity contribution < 1.29 is 17.2 Å². The molecule has 0 spiro atoms. The molecule has 0 bridgehead atoms. The lowest BCUT2D eigenvalue weighted by molar-refractivity contribution is 0.0134. The van der Waals surface area contributed by atoms with Crippen molar-refractivity contribution in [2.45, 2.75) is 12.0 Å². The van der Waals surface area contributed by atoms with E-state index in [1.807, 2.05) is 0 Å². The molecule has 1 rings (SSSR count). The molecule has 3 nitrogen and oxygen atoms in total. The third kappa shape index (κ3) is 1.27. The van der Waals surface area contributed by atoms with Crippen molar-refractivity contribution in [1.29, 1.82) is 0 Å². The maximum atomic E-state index is 12.3. The molecule has 0 aromatic rings. The predicted molar refractivity (Wildman–Crippen MR) is 31.6 cm³/mol. The van der Waals surface area contributed by atoms with Crippen LogP contribution >= 0.6 is 0 Å². The second-order valence-electron chi connectivity index (χ2n) is 2.42. The summed E-state index contributed by atoms with van der Waals surface area (Å²) in [6.07, 6.45) is 0. The summed E-state index contributed by atoms with van der Waals surface area (Å²) in [7, 11) is -3.58. The number of nitrogens with two attached hydrogens (primary N) is 1. The lowest BCUT2D eigenvalue weighted by Crippen LogP contribution is -2.38. The molecule has 0 aliphatic carbocycles. The lowest BCUT2D eigenvalue weighted by Gasteiger charge is -2.10. The van der Waals surface area contributed by atoms with Crippen LogP contribution in [0.2, 0.25) is 0 Å². The minimum absolute atomic E-state index is 0.597. The van der Waals surface area contributed by atoms with Crippen LogP contribution in [0.25, 0.3) is 0 Å². The Kier molecular flexibility index (Phi) is 1.48. The van der Waals surface area contributed by atoms with Gasteiger partial charge in [-0.05, 0) is 0 Å². The standard InChI is InChI=1S/C4H7F2NO2S/c5-4(6)2-10(8,9)1-3(4)7/h3H,1-2,7H2. The van der Waals surface area contributed by atoms with Gasteiger partial charge in [0.15, 0.2) is 9.84 Å². The molecule has 1 saturated heterocycles. The van der Waals surface area contributed by atoms with Crippen molar-refractivity contribution >= 4 is 9.84 Å². The average molecular weight is 171 g/mol. The zero-order valence-corrected chi connectivity index (χ0v) is 5.87. The van der Waals surface area contributed by atoms with Gasteiger partial charge in [-0.15, -0.1) is 0 Å². The molecule has 1 atom stereocenters. The average Bonchev–Trinajstić information content (AvgIpc) is 1.73. The number of hydrogen-bond donors (Lipinski definition) is 1. The minimum Gasteiger partial charge on any atom is -0.322 e. The van der Waals surface area contributed by atoms with Crippen LogP contribution in [0.4, 0.5) is 8.78 Å². The highest BCUT2D eigenvalue weighted by Crippen LogP contribution is 2.27. The van der Waals surface area contributed by atoms with Gasteiger partial charge >= 0.3 is 0 Å². The summed E-state index contributed by atoms with van der Waals surface area (Å²) in [5, 5.41) is 0. The van der Waals surface area contributed by atoms with Gasteiger partial charge in [-0.2, -0.15) is 0 Å². The van der Waals surface area contributed by atoms with E-state index in [1.54, 1.807) is 0 Å². The fourth-order valence-electron chi connectivity index (χ4n) is 0.855. The number of sulfone groups is 1. The van der Waals surface area contributed by atoms with E-state index in [1.165, 1.54) is 0 Å². The van der Waals surface area contributed by atoms with Gasteiger partial charge in [0, 0.05) is 0 Å². The van der Waals surface area contributed by atoms with E-state index < -0.39 is 33.3 Å². The van der Waals surface area contributed by atoms with Gasteiger partial charge in [-0.25, -0.2) is 17.2 Å². The number of rotatable bonds is 0. The molecule has 10 heavy (non-hydrogen) atoms. The number of hydrogen-bond acceptors (Lipinski definition) is 3. The topological polar surface area (TPSA) is 60.2 Å². The number of halogens is 2. The zero-order valence-electron chi connectivity index (χ0n) is 5.05. The van der Waals surface area contributed by atoms with E-state index in [0.717, 1.165) is 0 Å². The van der Waals surface area contributed by atoms with Crippen molar-refractivity contribution in [3.05, 3.63) is 0 Å². The molecule has 1 fully saturated rings. The fraction of sp³-hybridized carbons (Fsp3) is 1.00. The van der Waals surface area contributed by atoms with E-state index in [2.05, 4.69) is 0 Å². The van der Waals surface area contributed by atoms with Crippen LogP contribution in [-0.2, 0) is 9.84 Å². The Hall–Kier alpha value is -0.230. The van der Waals surface area contributed by atoms with Gasteiger partial charge in [-0.3, -0.25) is 0 Å². The molecule has 1 aliphatic heterocycles. The highest BCUT2D eigenvalue weighted by Gasteiger charge is 2.50. The van der Waals surface area contributed by atoms with Crippen LogP contribution in [-0.4, -0.2) is 31.9 Å². The van der Waals surface area contributed by atoms with Crippen molar-refractivity contribution in [3.63, 3.8) is 0 Å². The summed E-state index contributed by atoms with van der Waals surface area (Å²) in [4.78, 5) is 0. The van der Waals surface area contributed by atoms with Crippen LogP contribution < -0.4 is 5.73 Å². The quantitative estimate of drug-likeness (QED) is 0.528. The second-order valence-corrected chi connectivity index (χ2v) is 4.53. The molecule has 60 valence electrons. The summed E-state index contributed by atoms with van der Waals surface area (Å²) in [6, 6.07) is -1.52. The summed E-state index contributed by atoms with van der Waals surface area (Å²) >= 11 is 0. The van der Waals surface area contributed by atoms with Crippen molar-refractivity contribution in [3.8, 4) is 0 Å². The fourth-order valence-corrected chi connectivity index (χ4v) is 2.56. The van der Waals surface area contributed by atoms with Gasteiger partial charge in [0.1, 0.15) is 5.75 Å². The lowest BCUT2D eigenvalue weighted by atomic mass is 10.2. The Morgan fingerprint density at radius 2 is 2.00 bits per heavy atom. The summed E-state index contributed by atoms with van der Waals surface area (Å²) in [5.41, 5.74) is 4.86. The maximum Gasteiger partial charge on any atom is 0.277 e. The smallest absolute Gasteiger partial charge is 0.277 e. The van der Waals surface area contributed by atoms with Gasteiger partial charge in [0.2, 0.25) is 0 Å². The highest BCUT2D eigenvalue weighted by atomic mass is 32.2. The molecular weight excluding hydrogens is 164 g/mol. The van der Waals surface area contributed by atoms with Crippen molar-refractivity contribution in [1.82, 2.24) is 0 Å². The van der Waals surface area contributed by atoms with E-state index >= 15 is 0 Å². The molecule has 1 heterocycles. The van der Waals surface area contributed by atoms with E-state index in [-0.39, 0.29) is 0 Å². The first-order chi connectivity index (χ1) is 4.33. The first kappa shape index (κ1) is 7.87. The van der Waals surface area contributed by atoms with Gasteiger partial charge < -0.3 is 5.73 Å². The molecule has 0 saturated carbocycles. The molecule has 1 unspecified atom stereocenters. The first-order valence-electron chi connectivity index (χ1n) is 2.67. The highest BCUT2D eigenvalue weighted by molar-refractivity contribution is 7.91. The molecule has 0 radical (unpaired) electrons. The van der Waals surface area contributed by atoms with Crippen LogP contribution in [0.3, 0.4) is 0 Å². The molecule has 0 amide bonds. The summed E-state index contributed by atoms with van der Waals surface area (Å²) < 4.78 is 45.7. The largest absolute Gasteiger partial charge is 0.322 e. The van der Waals surface area contributed by atoms with Crippen LogP contribution in [0.1, 0.15) is 0 Å². The molecule has 0 aromatic carbocycles. The molecule has 0 aromatic heterocycles. The summed E-state index contributed by atoms with van der Waals surface area (Å²) in [6.45, 7) is 0. The van der Waals surface area contributed by atoms with Crippen LogP contribution in [0.15, 0.2) is 0 Å². The molecule has 2 N–H and O–H groups in total. The second kappa shape index (κ2) is 1.88. The van der Waals surface area contributed by atoms with E-state index in [4.69, 9.17) is 5.73 Å². The minimum atomic E-state index is -3.58. The van der Waals surface area contributed by atoms with Crippen molar-refractivity contribution in [2.75, 3.05) is 11.5 Å². The Balaban J connectivity index is 2.92. The Morgan fingerprint density at radius 1 is 1.50 bits per heavy atom.